The number of amides is 2. The van der Waals surface area contributed by atoms with Gasteiger partial charge in [-0.1, -0.05) is 37.3 Å². The summed E-state index contributed by atoms with van der Waals surface area (Å²) in [5.41, 5.74) is 1.04. The van der Waals surface area contributed by atoms with Gasteiger partial charge in [0.25, 0.3) is 5.91 Å². The maximum atomic E-state index is 12.8. The molecule has 0 unspecified atom stereocenters. The molecule has 0 spiro atoms. The number of hydrogen-bond acceptors (Lipinski definition) is 5. The molecule has 29 heavy (non-hydrogen) atoms. The maximum absolute atomic E-state index is 12.8. The fraction of sp³-hybridized carbons (Fsp3) is 0.591. The molecule has 7 heteroatoms. The van der Waals surface area contributed by atoms with Gasteiger partial charge in [0.2, 0.25) is 5.91 Å². The average molecular weight is 417 g/mol. The third-order valence-electron chi connectivity index (χ3n) is 6.38. The second kappa shape index (κ2) is 8.38. The van der Waals surface area contributed by atoms with Crippen LogP contribution < -0.4 is 0 Å². The molecular formula is C22H28N2O4S. The van der Waals surface area contributed by atoms with E-state index in [0.29, 0.717) is 18.6 Å². The summed E-state index contributed by atoms with van der Waals surface area (Å²) in [7, 11) is 0. The first-order valence-corrected chi connectivity index (χ1v) is 11.5. The minimum atomic E-state index is -0.633. The van der Waals surface area contributed by atoms with Gasteiger partial charge in [0.05, 0.1) is 0 Å². The Morgan fingerprint density at radius 1 is 1.24 bits per heavy atom. The number of fused-ring (bicyclic) bond motifs is 1. The highest BCUT2D eigenvalue weighted by Gasteiger charge is 2.57. The largest absolute Gasteiger partial charge is 0.454 e. The molecule has 6 nitrogen and oxygen atoms in total. The van der Waals surface area contributed by atoms with Gasteiger partial charge in [-0.15, -0.1) is 11.8 Å². The van der Waals surface area contributed by atoms with E-state index in [1.165, 1.54) is 0 Å². The maximum Gasteiger partial charge on any atom is 0.330 e. The number of rotatable bonds is 5. The number of thioether (sulfide) groups is 1. The smallest absolute Gasteiger partial charge is 0.330 e. The fourth-order valence-electron chi connectivity index (χ4n) is 4.88. The summed E-state index contributed by atoms with van der Waals surface area (Å²) in [6.07, 6.45) is 5.18. The molecule has 3 fully saturated rings. The van der Waals surface area contributed by atoms with Crippen LogP contribution in [0.4, 0.5) is 0 Å². The zero-order valence-electron chi connectivity index (χ0n) is 16.8. The first-order chi connectivity index (χ1) is 14.1. The lowest BCUT2D eigenvalue weighted by molar-refractivity contribution is -0.159. The van der Waals surface area contributed by atoms with E-state index < -0.39 is 16.9 Å². The van der Waals surface area contributed by atoms with Crippen molar-refractivity contribution < 1.29 is 19.1 Å². The van der Waals surface area contributed by atoms with Crippen LogP contribution in [0, 0.1) is 0 Å². The summed E-state index contributed by atoms with van der Waals surface area (Å²) in [5.74, 6) is -0.120. The van der Waals surface area contributed by atoms with Crippen molar-refractivity contribution in [2.75, 3.05) is 18.9 Å². The predicted octanol–water partition coefficient (Wildman–Crippen LogP) is 2.91. The molecule has 1 aromatic rings. The first kappa shape index (κ1) is 20.3. The number of nitrogens with zero attached hydrogens (tertiary/aromatic N) is 2. The molecular weight excluding hydrogens is 388 g/mol. The Morgan fingerprint density at radius 2 is 2.03 bits per heavy atom. The van der Waals surface area contributed by atoms with Crippen LogP contribution in [0.5, 0.6) is 0 Å². The van der Waals surface area contributed by atoms with Gasteiger partial charge in [-0.3, -0.25) is 9.59 Å². The number of piperidine rings is 1. The van der Waals surface area contributed by atoms with Crippen LogP contribution >= 0.6 is 11.8 Å². The summed E-state index contributed by atoms with van der Waals surface area (Å²) in [6, 6.07) is 9.49. The Morgan fingerprint density at radius 3 is 2.79 bits per heavy atom. The van der Waals surface area contributed by atoms with E-state index in [4.69, 9.17) is 4.74 Å². The predicted molar refractivity (Wildman–Crippen MR) is 111 cm³/mol. The van der Waals surface area contributed by atoms with Crippen molar-refractivity contribution in [2.24, 2.45) is 0 Å². The highest BCUT2D eigenvalue weighted by atomic mass is 32.2. The first-order valence-electron chi connectivity index (χ1n) is 10.5. The van der Waals surface area contributed by atoms with Crippen LogP contribution in [0.2, 0.25) is 0 Å². The fourth-order valence-corrected chi connectivity index (χ4v) is 6.52. The second-order valence-corrected chi connectivity index (χ2v) is 9.29. The van der Waals surface area contributed by atoms with Crippen LogP contribution in [-0.4, -0.2) is 58.6 Å². The van der Waals surface area contributed by atoms with Crippen molar-refractivity contribution in [2.45, 2.75) is 62.4 Å². The van der Waals surface area contributed by atoms with Gasteiger partial charge in [-0.25, -0.2) is 4.79 Å². The van der Waals surface area contributed by atoms with Gasteiger partial charge in [0.15, 0.2) is 6.61 Å². The molecule has 1 aromatic carbocycles. The van der Waals surface area contributed by atoms with Gasteiger partial charge >= 0.3 is 5.97 Å². The molecule has 2 amide bonds. The van der Waals surface area contributed by atoms with Gasteiger partial charge in [0.1, 0.15) is 10.9 Å². The van der Waals surface area contributed by atoms with Crippen molar-refractivity contribution in [1.82, 2.24) is 9.80 Å². The molecule has 156 valence electrons. The van der Waals surface area contributed by atoms with Gasteiger partial charge in [-0.05, 0) is 37.7 Å². The SMILES string of the molecule is CC[C@H]1CCCCN1C(=O)COC(=O)[C@H]1CS[C@@]2(c3ccccc3)CCC(=O)N12. The summed E-state index contributed by atoms with van der Waals surface area (Å²) in [6.45, 7) is 2.58. The molecule has 0 saturated carbocycles. The van der Waals surface area contributed by atoms with Crippen LogP contribution in [0.3, 0.4) is 0 Å². The van der Waals surface area contributed by atoms with E-state index in [-0.39, 0.29) is 24.5 Å². The van der Waals surface area contributed by atoms with E-state index in [1.807, 2.05) is 35.2 Å². The Kier molecular flexibility index (Phi) is 5.86. The number of carbonyl (C=O) groups is 3. The molecule has 3 aliphatic rings. The lowest BCUT2D eigenvalue weighted by Gasteiger charge is -2.35. The Hall–Kier alpha value is -2.02. The van der Waals surface area contributed by atoms with Crippen molar-refractivity contribution in [1.29, 1.82) is 0 Å². The molecule has 0 bridgehead atoms. The van der Waals surface area contributed by atoms with Crippen LogP contribution in [0.25, 0.3) is 0 Å². The van der Waals surface area contributed by atoms with E-state index in [1.54, 1.807) is 16.7 Å². The normalized spacial score (nSPS) is 29.1. The van der Waals surface area contributed by atoms with Crippen LogP contribution in [-0.2, 0) is 24.0 Å². The third-order valence-corrected chi connectivity index (χ3v) is 7.98. The Labute approximate surface area is 175 Å². The summed E-state index contributed by atoms with van der Waals surface area (Å²) in [4.78, 5) is 41.2. The molecule has 0 aliphatic carbocycles. The summed E-state index contributed by atoms with van der Waals surface area (Å²) in [5, 5.41) is 0. The number of hydrogen-bond donors (Lipinski definition) is 0. The molecule has 3 aliphatic heterocycles. The van der Waals surface area contributed by atoms with Crippen molar-refractivity contribution >= 4 is 29.5 Å². The molecule has 0 aromatic heterocycles. The van der Waals surface area contributed by atoms with E-state index in [9.17, 15) is 14.4 Å². The number of benzene rings is 1. The molecule has 3 saturated heterocycles. The molecule has 0 radical (unpaired) electrons. The Balaban J connectivity index is 1.43. The van der Waals surface area contributed by atoms with E-state index in [2.05, 4.69) is 6.92 Å². The minimum absolute atomic E-state index is 0.0193. The Bertz CT molecular complexity index is 786. The minimum Gasteiger partial charge on any atom is -0.454 e. The monoisotopic (exact) mass is 416 g/mol. The molecule has 0 N–H and O–H groups in total. The third kappa shape index (κ3) is 3.65. The number of esters is 1. The van der Waals surface area contributed by atoms with Crippen LogP contribution in [0.15, 0.2) is 30.3 Å². The highest BCUT2D eigenvalue weighted by molar-refractivity contribution is 8.00. The van der Waals surface area contributed by atoms with Crippen molar-refractivity contribution in [3.05, 3.63) is 35.9 Å². The number of carbonyl (C=O) groups excluding carboxylic acids is 3. The quantitative estimate of drug-likeness (QED) is 0.691. The van der Waals surface area contributed by atoms with Crippen molar-refractivity contribution in [3.63, 3.8) is 0 Å². The van der Waals surface area contributed by atoms with Gasteiger partial charge in [-0.2, -0.15) is 0 Å². The standard InChI is InChI=1S/C22H28N2O4S/c1-2-17-10-6-7-13-23(17)20(26)14-28-21(27)18-15-29-22(12-11-19(25)24(18)22)16-8-4-3-5-9-16/h3-5,8-9,17-18H,2,6-7,10-15H2,1H3/t17-,18+,22+/m0/s1. The second-order valence-electron chi connectivity index (χ2n) is 7.99. The van der Waals surface area contributed by atoms with Gasteiger partial charge < -0.3 is 14.5 Å². The summed E-state index contributed by atoms with van der Waals surface area (Å²) >= 11 is 1.63. The lowest BCUT2D eigenvalue weighted by atomic mass is 10.00. The average Bonchev–Trinajstić information content (AvgIpc) is 3.31. The molecule has 3 atom stereocenters. The van der Waals surface area contributed by atoms with Crippen LogP contribution in [0.1, 0.15) is 51.0 Å². The van der Waals surface area contributed by atoms with E-state index in [0.717, 1.165) is 37.8 Å². The van der Waals surface area contributed by atoms with Crippen molar-refractivity contribution in [3.8, 4) is 0 Å². The van der Waals surface area contributed by atoms with Gasteiger partial charge in [0, 0.05) is 24.8 Å². The summed E-state index contributed by atoms with van der Waals surface area (Å²) < 4.78 is 5.43. The molecule has 3 heterocycles. The van der Waals surface area contributed by atoms with E-state index >= 15 is 0 Å². The topological polar surface area (TPSA) is 66.9 Å². The molecule has 4 rings (SSSR count). The lowest BCUT2D eigenvalue weighted by Crippen LogP contribution is -2.48. The zero-order valence-corrected chi connectivity index (χ0v) is 17.7. The highest BCUT2D eigenvalue weighted by Crippen LogP contribution is 2.54. The number of ether oxygens (including phenoxy) is 1. The zero-order chi connectivity index (χ0) is 20.4. The number of likely N-dealkylation sites (tertiary alicyclic amines) is 1.